The van der Waals surface area contributed by atoms with Gasteiger partial charge in [0.05, 0.1) is 24.9 Å². The van der Waals surface area contributed by atoms with E-state index in [1.807, 2.05) is 0 Å². The molecule has 0 radical (unpaired) electrons. The van der Waals surface area contributed by atoms with Crippen molar-refractivity contribution in [1.29, 1.82) is 0 Å². The van der Waals surface area contributed by atoms with Crippen LogP contribution < -0.4 is 5.32 Å². The summed E-state index contributed by atoms with van der Waals surface area (Å²) < 4.78 is 11.7. The average molecular weight is 243 g/mol. The van der Waals surface area contributed by atoms with Crippen molar-refractivity contribution in [2.75, 3.05) is 13.2 Å². The van der Waals surface area contributed by atoms with Gasteiger partial charge in [-0.05, 0) is 47.0 Å². The molecule has 1 N–H and O–H groups in total. The molecule has 1 saturated heterocycles. The van der Waals surface area contributed by atoms with Gasteiger partial charge in [0, 0.05) is 12.1 Å². The van der Waals surface area contributed by atoms with E-state index in [-0.39, 0.29) is 5.54 Å². The minimum atomic E-state index is 0.175. The molecule has 1 heterocycles. The quantitative estimate of drug-likeness (QED) is 0.778. The molecule has 3 unspecified atom stereocenters. The Morgan fingerprint density at radius 1 is 1.29 bits per heavy atom. The first-order valence-corrected chi connectivity index (χ1v) is 6.93. The van der Waals surface area contributed by atoms with Crippen molar-refractivity contribution in [2.24, 2.45) is 0 Å². The van der Waals surface area contributed by atoms with E-state index in [0.717, 1.165) is 32.4 Å². The standard InChI is InChI=1S/C14H29NO2/c1-6-11(2)16-10-13-8-7-12(17-13)9-15-14(3,4)5/h11-13,15H,6-10H2,1-5H3. The minimum Gasteiger partial charge on any atom is -0.376 e. The maximum absolute atomic E-state index is 5.96. The monoisotopic (exact) mass is 243 g/mol. The Hall–Kier alpha value is -0.120. The summed E-state index contributed by atoms with van der Waals surface area (Å²) in [6.45, 7) is 12.5. The van der Waals surface area contributed by atoms with Crippen molar-refractivity contribution in [3.05, 3.63) is 0 Å². The van der Waals surface area contributed by atoms with E-state index >= 15 is 0 Å². The molecule has 17 heavy (non-hydrogen) atoms. The second-order valence-electron chi connectivity index (χ2n) is 6.14. The molecule has 0 aromatic carbocycles. The zero-order chi connectivity index (χ0) is 12.9. The van der Waals surface area contributed by atoms with Crippen LogP contribution in [0.2, 0.25) is 0 Å². The van der Waals surface area contributed by atoms with Crippen LogP contribution in [0.1, 0.15) is 53.9 Å². The topological polar surface area (TPSA) is 30.5 Å². The molecule has 0 bridgehead atoms. The van der Waals surface area contributed by atoms with E-state index in [2.05, 4.69) is 39.9 Å². The normalized spacial score (nSPS) is 27.4. The van der Waals surface area contributed by atoms with E-state index in [9.17, 15) is 0 Å². The Bertz CT molecular complexity index is 213. The van der Waals surface area contributed by atoms with Gasteiger partial charge in [-0.3, -0.25) is 0 Å². The van der Waals surface area contributed by atoms with E-state index in [1.54, 1.807) is 0 Å². The summed E-state index contributed by atoms with van der Waals surface area (Å²) in [5.41, 5.74) is 0.175. The fourth-order valence-electron chi connectivity index (χ4n) is 1.86. The number of nitrogens with one attached hydrogen (secondary N) is 1. The molecule has 1 fully saturated rings. The molecule has 3 nitrogen and oxygen atoms in total. The van der Waals surface area contributed by atoms with Gasteiger partial charge < -0.3 is 14.8 Å². The summed E-state index contributed by atoms with van der Waals surface area (Å²) in [7, 11) is 0. The molecule has 102 valence electrons. The van der Waals surface area contributed by atoms with E-state index in [1.165, 1.54) is 0 Å². The van der Waals surface area contributed by atoms with Crippen molar-refractivity contribution in [2.45, 2.75) is 77.7 Å². The summed E-state index contributed by atoms with van der Waals surface area (Å²) in [5, 5.41) is 3.49. The molecule has 0 aliphatic carbocycles. The highest BCUT2D eigenvalue weighted by Gasteiger charge is 2.26. The van der Waals surface area contributed by atoms with Crippen molar-refractivity contribution in [3.63, 3.8) is 0 Å². The fraction of sp³-hybridized carbons (Fsp3) is 1.00. The third kappa shape index (κ3) is 6.39. The lowest BCUT2D eigenvalue weighted by Gasteiger charge is -2.23. The van der Waals surface area contributed by atoms with Gasteiger partial charge in [0.2, 0.25) is 0 Å². The van der Waals surface area contributed by atoms with Gasteiger partial charge in [-0.25, -0.2) is 0 Å². The average Bonchev–Trinajstić information content (AvgIpc) is 2.70. The molecule has 3 heteroatoms. The molecular weight excluding hydrogens is 214 g/mol. The molecule has 0 amide bonds. The maximum atomic E-state index is 5.96. The van der Waals surface area contributed by atoms with Gasteiger partial charge in [0.15, 0.2) is 0 Å². The van der Waals surface area contributed by atoms with Gasteiger partial charge in [-0.1, -0.05) is 6.92 Å². The van der Waals surface area contributed by atoms with Crippen LogP contribution in [-0.4, -0.2) is 37.0 Å². The number of ether oxygens (including phenoxy) is 2. The molecular formula is C14H29NO2. The number of hydrogen-bond acceptors (Lipinski definition) is 3. The van der Waals surface area contributed by atoms with Gasteiger partial charge in [-0.2, -0.15) is 0 Å². The highest BCUT2D eigenvalue weighted by molar-refractivity contribution is 4.79. The summed E-state index contributed by atoms with van der Waals surface area (Å²) in [5.74, 6) is 0. The largest absolute Gasteiger partial charge is 0.376 e. The Balaban J connectivity index is 2.14. The fourth-order valence-corrected chi connectivity index (χ4v) is 1.86. The smallest absolute Gasteiger partial charge is 0.0814 e. The second kappa shape index (κ2) is 6.72. The van der Waals surface area contributed by atoms with E-state index in [4.69, 9.17) is 9.47 Å². The predicted molar refractivity (Wildman–Crippen MR) is 71.4 cm³/mol. The van der Waals surface area contributed by atoms with Crippen LogP contribution in [0.15, 0.2) is 0 Å². The van der Waals surface area contributed by atoms with E-state index in [0.29, 0.717) is 18.3 Å². The highest BCUT2D eigenvalue weighted by atomic mass is 16.5. The van der Waals surface area contributed by atoms with Gasteiger partial charge in [-0.15, -0.1) is 0 Å². The Kier molecular flexibility index (Phi) is 5.90. The second-order valence-corrected chi connectivity index (χ2v) is 6.14. The van der Waals surface area contributed by atoms with Crippen LogP contribution in [0.3, 0.4) is 0 Å². The van der Waals surface area contributed by atoms with Gasteiger partial charge in [0.25, 0.3) is 0 Å². The van der Waals surface area contributed by atoms with Crippen molar-refractivity contribution in [1.82, 2.24) is 5.32 Å². The molecule has 0 aromatic rings. The zero-order valence-corrected chi connectivity index (χ0v) is 12.1. The predicted octanol–water partition coefficient (Wildman–Crippen LogP) is 2.74. The number of rotatable bonds is 6. The lowest BCUT2D eigenvalue weighted by molar-refractivity contribution is -0.0377. The molecule has 3 atom stereocenters. The minimum absolute atomic E-state index is 0.175. The van der Waals surface area contributed by atoms with Crippen molar-refractivity contribution >= 4 is 0 Å². The Morgan fingerprint density at radius 3 is 2.53 bits per heavy atom. The lowest BCUT2D eigenvalue weighted by atomic mass is 10.1. The van der Waals surface area contributed by atoms with Crippen LogP contribution in [0.25, 0.3) is 0 Å². The lowest BCUT2D eigenvalue weighted by Crippen LogP contribution is -2.41. The third-order valence-electron chi connectivity index (χ3n) is 3.20. The van der Waals surface area contributed by atoms with E-state index < -0.39 is 0 Å². The third-order valence-corrected chi connectivity index (χ3v) is 3.20. The van der Waals surface area contributed by atoms with Crippen LogP contribution in [0, 0.1) is 0 Å². The summed E-state index contributed by atoms with van der Waals surface area (Å²) in [4.78, 5) is 0. The summed E-state index contributed by atoms with van der Waals surface area (Å²) in [6, 6.07) is 0. The summed E-state index contributed by atoms with van der Waals surface area (Å²) >= 11 is 0. The van der Waals surface area contributed by atoms with Crippen LogP contribution in [0.5, 0.6) is 0 Å². The van der Waals surface area contributed by atoms with Crippen LogP contribution >= 0.6 is 0 Å². The zero-order valence-electron chi connectivity index (χ0n) is 12.1. The first-order chi connectivity index (χ1) is 7.90. The van der Waals surface area contributed by atoms with Crippen molar-refractivity contribution in [3.8, 4) is 0 Å². The Labute approximate surface area is 106 Å². The summed E-state index contributed by atoms with van der Waals surface area (Å²) in [6.07, 6.45) is 4.37. The first kappa shape index (κ1) is 14.9. The molecule has 1 aliphatic heterocycles. The maximum Gasteiger partial charge on any atom is 0.0814 e. The SMILES string of the molecule is CCC(C)OCC1CCC(CNC(C)(C)C)O1. The molecule has 1 aliphatic rings. The van der Waals surface area contributed by atoms with Crippen LogP contribution in [-0.2, 0) is 9.47 Å². The molecule has 1 rings (SSSR count). The number of hydrogen-bond donors (Lipinski definition) is 1. The van der Waals surface area contributed by atoms with Gasteiger partial charge in [0.1, 0.15) is 0 Å². The van der Waals surface area contributed by atoms with Crippen molar-refractivity contribution < 1.29 is 9.47 Å². The highest BCUT2D eigenvalue weighted by Crippen LogP contribution is 2.20. The molecule has 0 spiro atoms. The van der Waals surface area contributed by atoms with Crippen LogP contribution in [0.4, 0.5) is 0 Å². The first-order valence-electron chi connectivity index (χ1n) is 6.93. The van der Waals surface area contributed by atoms with Gasteiger partial charge >= 0.3 is 0 Å². The Morgan fingerprint density at radius 2 is 1.94 bits per heavy atom. The molecule has 0 saturated carbocycles. The molecule has 0 aromatic heterocycles.